The highest BCUT2D eigenvalue weighted by Gasteiger charge is 2.24. The number of aryl methyl sites for hydroxylation is 1. The highest BCUT2D eigenvalue weighted by atomic mass is 16.3. The van der Waals surface area contributed by atoms with Gasteiger partial charge in [0.1, 0.15) is 5.75 Å². The topological polar surface area (TPSA) is 40.5 Å². The van der Waals surface area contributed by atoms with E-state index in [1.807, 2.05) is 17.0 Å². The van der Waals surface area contributed by atoms with Crippen molar-refractivity contribution < 1.29 is 9.90 Å². The van der Waals surface area contributed by atoms with Crippen LogP contribution in [-0.2, 0) is 11.2 Å². The van der Waals surface area contributed by atoms with Crippen LogP contribution in [0.1, 0.15) is 44.6 Å². The molecule has 1 aliphatic rings. The normalized spacial score (nSPS) is 15.6. The van der Waals surface area contributed by atoms with Crippen LogP contribution in [0.4, 0.5) is 0 Å². The second-order valence-corrected chi connectivity index (χ2v) is 5.25. The van der Waals surface area contributed by atoms with Gasteiger partial charge in [0, 0.05) is 19.0 Å². The molecule has 0 radical (unpaired) electrons. The molecule has 1 aliphatic carbocycles. The summed E-state index contributed by atoms with van der Waals surface area (Å²) in [5, 5.41) is 9.71. The maximum atomic E-state index is 12.3. The molecule has 104 valence electrons. The summed E-state index contributed by atoms with van der Waals surface area (Å²) in [6.07, 6.45) is 5.89. The standard InChI is InChI=1S/C16H23NO2/c1-2-17(14-8-4-5-9-14)16(19)12-11-13-7-3-6-10-15(13)18/h3,6-7,10,14,18H,2,4-5,8-9,11-12H2,1H3. The van der Waals surface area contributed by atoms with Gasteiger partial charge < -0.3 is 10.0 Å². The fourth-order valence-corrected chi connectivity index (χ4v) is 2.96. The summed E-state index contributed by atoms with van der Waals surface area (Å²) in [5.41, 5.74) is 0.860. The zero-order valence-corrected chi connectivity index (χ0v) is 11.6. The predicted molar refractivity (Wildman–Crippen MR) is 76.1 cm³/mol. The van der Waals surface area contributed by atoms with Crippen LogP contribution in [0.3, 0.4) is 0 Å². The lowest BCUT2D eigenvalue weighted by Crippen LogP contribution is -2.38. The van der Waals surface area contributed by atoms with Gasteiger partial charge >= 0.3 is 0 Å². The first-order chi connectivity index (χ1) is 9.22. The Hall–Kier alpha value is -1.51. The molecule has 1 aromatic rings. The molecule has 0 spiro atoms. The minimum absolute atomic E-state index is 0.220. The van der Waals surface area contributed by atoms with Gasteiger partial charge in [0.2, 0.25) is 5.91 Å². The molecule has 1 fully saturated rings. The van der Waals surface area contributed by atoms with Crippen molar-refractivity contribution in [2.24, 2.45) is 0 Å². The van der Waals surface area contributed by atoms with Crippen molar-refractivity contribution in [2.75, 3.05) is 6.54 Å². The molecule has 3 heteroatoms. The Morgan fingerprint density at radius 3 is 2.63 bits per heavy atom. The van der Waals surface area contributed by atoms with Crippen LogP contribution in [-0.4, -0.2) is 28.5 Å². The second-order valence-electron chi connectivity index (χ2n) is 5.25. The third kappa shape index (κ3) is 3.49. The fraction of sp³-hybridized carbons (Fsp3) is 0.562. The van der Waals surface area contributed by atoms with Gasteiger partial charge in [-0.3, -0.25) is 4.79 Å². The molecule has 0 aromatic heterocycles. The monoisotopic (exact) mass is 261 g/mol. The lowest BCUT2D eigenvalue weighted by Gasteiger charge is -2.27. The summed E-state index contributed by atoms with van der Waals surface area (Å²) >= 11 is 0. The number of benzene rings is 1. The number of phenolic OH excluding ortho intramolecular Hbond substituents is 1. The SMILES string of the molecule is CCN(C(=O)CCc1ccccc1O)C1CCCC1. The molecule has 1 aromatic carbocycles. The number of hydrogen-bond donors (Lipinski definition) is 1. The van der Waals surface area contributed by atoms with E-state index in [4.69, 9.17) is 0 Å². The van der Waals surface area contributed by atoms with Crippen molar-refractivity contribution in [3.8, 4) is 5.75 Å². The number of phenols is 1. The van der Waals surface area contributed by atoms with Crippen LogP contribution in [0.5, 0.6) is 5.75 Å². The molecule has 19 heavy (non-hydrogen) atoms. The van der Waals surface area contributed by atoms with E-state index in [1.54, 1.807) is 12.1 Å². The highest BCUT2D eigenvalue weighted by molar-refractivity contribution is 5.77. The Bertz CT molecular complexity index is 425. The molecule has 1 saturated carbocycles. The lowest BCUT2D eigenvalue weighted by atomic mass is 10.1. The number of rotatable bonds is 5. The van der Waals surface area contributed by atoms with Gasteiger partial charge in [0.15, 0.2) is 0 Å². The third-order valence-electron chi connectivity index (χ3n) is 4.03. The minimum atomic E-state index is 0.220. The molecule has 0 aliphatic heterocycles. The van der Waals surface area contributed by atoms with Crippen LogP contribution in [0, 0.1) is 0 Å². The smallest absolute Gasteiger partial charge is 0.223 e. The first-order valence-electron chi connectivity index (χ1n) is 7.28. The zero-order valence-electron chi connectivity index (χ0n) is 11.6. The molecule has 3 nitrogen and oxygen atoms in total. The fourth-order valence-electron chi connectivity index (χ4n) is 2.96. The average molecular weight is 261 g/mol. The predicted octanol–water partition coefficient (Wildman–Crippen LogP) is 3.12. The van der Waals surface area contributed by atoms with E-state index in [0.29, 0.717) is 24.6 Å². The van der Waals surface area contributed by atoms with Gasteiger partial charge in [-0.1, -0.05) is 31.0 Å². The molecule has 0 atom stereocenters. The number of para-hydroxylation sites is 1. The van der Waals surface area contributed by atoms with Crippen molar-refractivity contribution in [1.29, 1.82) is 0 Å². The number of carbonyl (C=O) groups is 1. The third-order valence-corrected chi connectivity index (χ3v) is 4.03. The van der Waals surface area contributed by atoms with Gasteiger partial charge in [-0.15, -0.1) is 0 Å². The van der Waals surface area contributed by atoms with E-state index in [-0.39, 0.29) is 5.91 Å². The van der Waals surface area contributed by atoms with Crippen molar-refractivity contribution in [1.82, 2.24) is 4.90 Å². The van der Waals surface area contributed by atoms with Gasteiger partial charge in [-0.2, -0.15) is 0 Å². The zero-order chi connectivity index (χ0) is 13.7. The van der Waals surface area contributed by atoms with E-state index >= 15 is 0 Å². The number of hydrogen-bond acceptors (Lipinski definition) is 2. The summed E-state index contributed by atoms with van der Waals surface area (Å²) in [5.74, 6) is 0.511. The van der Waals surface area contributed by atoms with Gasteiger partial charge in [-0.05, 0) is 37.8 Å². The first kappa shape index (κ1) is 13.9. The molecular weight excluding hydrogens is 238 g/mol. The number of amides is 1. The minimum Gasteiger partial charge on any atom is -0.508 e. The number of carbonyl (C=O) groups excluding carboxylic acids is 1. The maximum Gasteiger partial charge on any atom is 0.223 e. The van der Waals surface area contributed by atoms with E-state index < -0.39 is 0 Å². The molecule has 2 rings (SSSR count). The summed E-state index contributed by atoms with van der Waals surface area (Å²) < 4.78 is 0. The first-order valence-corrected chi connectivity index (χ1v) is 7.28. The van der Waals surface area contributed by atoms with Crippen LogP contribution < -0.4 is 0 Å². The van der Waals surface area contributed by atoms with Gasteiger partial charge in [0.05, 0.1) is 0 Å². The number of nitrogens with zero attached hydrogens (tertiary/aromatic N) is 1. The average Bonchev–Trinajstić information content (AvgIpc) is 2.92. The Kier molecular flexibility index (Phi) is 4.83. The maximum absolute atomic E-state index is 12.3. The van der Waals surface area contributed by atoms with Crippen LogP contribution >= 0.6 is 0 Å². The van der Waals surface area contributed by atoms with Crippen LogP contribution in [0.2, 0.25) is 0 Å². The largest absolute Gasteiger partial charge is 0.508 e. The summed E-state index contributed by atoms with van der Waals surface area (Å²) in [4.78, 5) is 14.3. The molecule has 1 amide bonds. The summed E-state index contributed by atoms with van der Waals surface area (Å²) in [6.45, 7) is 2.85. The van der Waals surface area contributed by atoms with E-state index in [9.17, 15) is 9.90 Å². The Balaban J connectivity index is 1.91. The number of aromatic hydroxyl groups is 1. The summed E-state index contributed by atoms with van der Waals surface area (Å²) in [7, 11) is 0. The molecular formula is C16H23NO2. The van der Waals surface area contributed by atoms with Crippen LogP contribution in [0.15, 0.2) is 24.3 Å². The molecule has 0 bridgehead atoms. The highest BCUT2D eigenvalue weighted by Crippen LogP contribution is 2.24. The van der Waals surface area contributed by atoms with E-state index in [0.717, 1.165) is 24.9 Å². The van der Waals surface area contributed by atoms with Crippen molar-refractivity contribution >= 4 is 5.91 Å². The molecule has 0 unspecified atom stereocenters. The van der Waals surface area contributed by atoms with Crippen molar-refractivity contribution in [3.63, 3.8) is 0 Å². The quantitative estimate of drug-likeness (QED) is 0.884. The Morgan fingerprint density at radius 2 is 2.00 bits per heavy atom. The molecule has 0 heterocycles. The van der Waals surface area contributed by atoms with E-state index in [1.165, 1.54) is 12.8 Å². The van der Waals surface area contributed by atoms with Crippen LogP contribution in [0.25, 0.3) is 0 Å². The van der Waals surface area contributed by atoms with Crippen molar-refractivity contribution in [3.05, 3.63) is 29.8 Å². The Morgan fingerprint density at radius 1 is 1.32 bits per heavy atom. The van der Waals surface area contributed by atoms with Gasteiger partial charge in [0.25, 0.3) is 0 Å². The van der Waals surface area contributed by atoms with E-state index in [2.05, 4.69) is 6.92 Å². The lowest BCUT2D eigenvalue weighted by molar-refractivity contribution is -0.133. The summed E-state index contributed by atoms with van der Waals surface area (Å²) in [6, 6.07) is 7.70. The Labute approximate surface area is 115 Å². The molecule has 1 N–H and O–H groups in total. The van der Waals surface area contributed by atoms with Crippen molar-refractivity contribution in [2.45, 2.75) is 51.5 Å². The van der Waals surface area contributed by atoms with Gasteiger partial charge in [-0.25, -0.2) is 0 Å². The molecule has 0 saturated heterocycles. The second kappa shape index (κ2) is 6.60.